The Bertz CT molecular complexity index is 1060. The molecule has 0 saturated heterocycles. The number of rotatable bonds is 6. The van der Waals surface area contributed by atoms with Crippen molar-refractivity contribution < 1.29 is 22.7 Å². The second-order valence-corrected chi connectivity index (χ2v) is 8.20. The summed E-state index contributed by atoms with van der Waals surface area (Å²) >= 11 is 0. The van der Waals surface area contributed by atoms with Crippen LogP contribution in [-0.2, 0) is 19.6 Å². The monoisotopic (exact) mass is 401 g/mol. The molecule has 1 amide bonds. The SMILES string of the molecule is Cc1ccc(NC(=O)COC(=O)c2cccc(C#N)c2)cc1S(=O)(=O)N(C)C. The van der Waals surface area contributed by atoms with E-state index in [1.165, 1.54) is 38.4 Å². The first-order valence-corrected chi connectivity index (χ1v) is 9.59. The Morgan fingerprint density at radius 2 is 1.89 bits per heavy atom. The molecule has 0 unspecified atom stereocenters. The molecule has 0 aliphatic heterocycles. The number of ether oxygens (including phenoxy) is 1. The van der Waals surface area contributed by atoms with Crippen LogP contribution in [-0.4, -0.2) is 45.3 Å². The summed E-state index contributed by atoms with van der Waals surface area (Å²) in [6.45, 7) is 1.10. The van der Waals surface area contributed by atoms with Gasteiger partial charge in [0.25, 0.3) is 5.91 Å². The van der Waals surface area contributed by atoms with Gasteiger partial charge in [-0.1, -0.05) is 12.1 Å². The Hall–Kier alpha value is -3.22. The molecule has 0 radical (unpaired) electrons. The lowest BCUT2D eigenvalue weighted by molar-refractivity contribution is -0.119. The highest BCUT2D eigenvalue weighted by Crippen LogP contribution is 2.22. The molecule has 0 spiro atoms. The van der Waals surface area contributed by atoms with E-state index in [0.717, 1.165) is 4.31 Å². The summed E-state index contributed by atoms with van der Waals surface area (Å²) in [5.41, 5.74) is 1.25. The van der Waals surface area contributed by atoms with Crippen molar-refractivity contribution in [2.24, 2.45) is 0 Å². The summed E-state index contributed by atoms with van der Waals surface area (Å²) in [4.78, 5) is 24.1. The molecular formula is C19H19N3O5S. The first-order valence-electron chi connectivity index (χ1n) is 8.15. The fourth-order valence-corrected chi connectivity index (χ4v) is 3.42. The van der Waals surface area contributed by atoms with E-state index >= 15 is 0 Å². The number of esters is 1. The zero-order valence-corrected chi connectivity index (χ0v) is 16.4. The number of anilines is 1. The van der Waals surface area contributed by atoms with Gasteiger partial charge < -0.3 is 10.1 Å². The van der Waals surface area contributed by atoms with Gasteiger partial charge in [0.05, 0.1) is 22.1 Å². The average molecular weight is 401 g/mol. The second-order valence-electron chi connectivity index (χ2n) is 6.08. The lowest BCUT2D eigenvalue weighted by Crippen LogP contribution is -2.24. The number of nitriles is 1. The van der Waals surface area contributed by atoms with Crippen molar-refractivity contribution in [2.45, 2.75) is 11.8 Å². The molecule has 0 bridgehead atoms. The number of carbonyl (C=O) groups is 2. The molecule has 0 atom stereocenters. The number of benzene rings is 2. The minimum Gasteiger partial charge on any atom is -0.452 e. The molecule has 9 heteroatoms. The van der Waals surface area contributed by atoms with E-state index in [2.05, 4.69) is 5.32 Å². The van der Waals surface area contributed by atoms with Crippen LogP contribution < -0.4 is 5.32 Å². The maximum absolute atomic E-state index is 12.3. The molecule has 8 nitrogen and oxygen atoms in total. The number of nitrogens with zero attached hydrogens (tertiary/aromatic N) is 2. The van der Waals surface area contributed by atoms with Gasteiger partial charge in [0.15, 0.2) is 6.61 Å². The summed E-state index contributed by atoms with van der Waals surface area (Å²) in [6, 6.07) is 12.3. The van der Waals surface area contributed by atoms with E-state index in [4.69, 9.17) is 10.00 Å². The maximum atomic E-state index is 12.3. The van der Waals surface area contributed by atoms with Crippen molar-refractivity contribution in [1.82, 2.24) is 4.31 Å². The fraction of sp³-hybridized carbons (Fsp3) is 0.211. The van der Waals surface area contributed by atoms with Crippen LogP contribution in [0.5, 0.6) is 0 Å². The highest BCUT2D eigenvalue weighted by atomic mass is 32.2. The summed E-state index contributed by atoms with van der Waals surface area (Å²) in [7, 11) is -0.829. The number of amides is 1. The predicted molar refractivity (Wildman–Crippen MR) is 102 cm³/mol. The minimum atomic E-state index is -3.66. The van der Waals surface area contributed by atoms with Gasteiger partial charge in [-0.3, -0.25) is 4.79 Å². The van der Waals surface area contributed by atoms with E-state index < -0.39 is 28.5 Å². The zero-order valence-electron chi connectivity index (χ0n) is 15.6. The van der Waals surface area contributed by atoms with Gasteiger partial charge in [0.2, 0.25) is 10.0 Å². The van der Waals surface area contributed by atoms with Crippen molar-refractivity contribution in [2.75, 3.05) is 26.0 Å². The molecule has 0 saturated carbocycles. The molecule has 0 fully saturated rings. The van der Waals surface area contributed by atoms with Crippen molar-refractivity contribution >= 4 is 27.6 Å². The van der Waals surface area contributed by atoms with E-state index in [1.807, 2.05) is 6.07 Å². The average Bonchev–Trinajstić information content (AvgIpc) is 2.67. The molecule has 0 aliphatic carbocycles. The summed E-state index contributed by atoms with van der Waals surface area (Å²) < 4.78 is 30.7. The molecule has 0 heterocycles. The van der Waals surface area contributed by atoms with Crippen LogP contribution in [0.2, 0.25) is 0 Å². The van der Waals surface area contributed by atoms with Crippen molar-refractivity contribution in [3.05, 3.63) is 59.2 Å². The highest BCUT2D eigenvalue weighted by Gasteiger charge is 2.20. The van der Waals surface area contributed by atoms with Crippen molar-refractivity contribution in [3.8, 4) is 6.07 Å². The first kappa shape index (κ1) is 21.1. The Balaban J connectivity index is 2.05. The Morgan fingerprint density at radius 1 is 1.18 bits per heavy atom. The molecule has 2 aromatic rings. The van der Waals surface area contributed by atoms with Crippen molar-refractivity contribution in [3.63, 3.8) is 0 Å². The zero-order chi connectivity index (χ0) is 20.9. The quantitative estimate of drug-likeness (QED) is 0.739. The lowest BCUT2D eigenvalue weighted by Gasteiger charge is -2.15. The number of nitrogens with one attached hydrogen (secondary N) is 1. The molecule has 2 rings (SSSR count). The Labute approximate surface area is 163 Å². The summed E-state index contributed by atoms with van der Waals surface area (Å²) in [5.74, 6) is -1.37. The van der Waals surface area contributed by atoms with Crippen LogP contribution in [0.25, 0.3) is 0 Å². The van der Waals surface area contributed by atoms with Gasteiger partial charge in [-0.15, -0.1) is 0 Å². The van der Waals surface area contributed by atoms with Gasteiger partial charge in [0.1, 0.15) is 0 Å². The number of sulfonamides is 1. The van der Waals surface area contributed by atoms with Crippen LogP contribution >= 0.6 is 0 Å². The maximum Gasteiger partial charge on any atom is 0.338 e. The van der Waals surface area contributed by atoms with Crippen molar-refractivity contribution in [1.29, 1.82) is 5.26 Å². The van der Waals surface area contributed by atoms with Gasteiger partial charge in [-0.2, -0.15) is 5.26 Å². The second kappa shape index (κ2) is 8.65. The normalized spacial score (nSPS) is 11.0. The first-order chi connectivity index (χ1) is 13.1. The van der Waals surface area contributed by atoms with Gasteiger partial charge in [0, 0.05) is 19.8 Å². The molecule has 0 aliphatic rings. The van der Waals surface area contributed by atoms with Crippen LogP contribution in [0.15, 0.2) is 47.4 Å². The van der Waals surface area contributed by atoms with Gasteiger partial charge in [-0.05, 0) is 42.8 Å². The molecule has 2 aromatic carbocycles. The third-order valence-electron chi connectivity index (χ3n) is 3.79. The minimum absolute atomic E-state index is 0.0700. The topological polar surface area (TPSA) is 117 Å². The number of hydrogen-bond donors (Lipinski definition) is 1. The molecule has 146 valence electrons. The van der Waals surface area contributed by atoms with Gasteiger partial charge >= 0.3 is 5.97 Å². The van der Waals surface area contributed by atoms with Crippen LogP contribution in [0.4, 0.5) is 5.69 Å². The summed E-state index contributed by atoms with van der Waals surface area (Å²) in [5, 5.41) is 11.3. The van der Waals surface area contributed by atoms with Crippen LogP contribution in [0.1, 0.15) is 21.5 Å². The third kappa shape index (κ3) is 4.94. The summed E-state index contributed by atoms with van der Waals surface area (Å²) in [6.07, 6.45) is 0. The molecule has 0 aromatic heterocycles. The number of carbonyl (C=O) groups excluding carboxylic acids is 2. The van der Waals surface area contributed by atoms with Crippen LogP contribution in [0, 0.1) is 18.3 Å². The number of aryl methyl sites for hydroxylation is 1. The van der Waals surface area contributed by atoms with Crippen LogP contribution in [0.3, 0.4) is 0 Å². The van der Waals surface area contributed by atoms with E-state index in [1.54, 1.807) is 25.1 Å². The van der Waals surface area contributed by atoms with E-state index in [-0.39, 0.29) is 16.1 Å². The van der Waals surface area contributed by atoms with Gasteiger partial charge in [-0.25, -0.2) is 17.5 Å². The largest absolute Gasteiger partial charge is 0.452 e. The molecule has 28 heavy (non-hydrogen) atoms. The van der Waals surface area contributed by atoms with E-state index in [9.17, 15) is 18.0 Å². The Kier molecular flexibility index (Phi) is 6.51. The smallest absolute Gasteiger partial charge is 0.338 e. The number of hydrogen-bond acceptors (Lipinski definition) is 6. The molecule has 1 N–H and O–H groups in total. The van der Waals surface area contributed by atoms with E-state index in [0.29, 0.717) is 11.1 Å². The fourth-order valence-electron chi connectivity index (χ4n) is 2.28. The predicted octanol–water partition coefficient (Wildman–Crippen LogP) is 1.91. The third-order valence-corrected chi connectivity index (χ3v) is 5.75. The highest BCUT2D eigenvalue weighted by molar-refractivity contribution is 7.89. The standard InChI is InChI=1S/C19H19N3O5S/c1-13-7-8-16(10-17(13)28(25,26)22(2)3)21-18(23)12-27-19(24)15-6-4-5-14(9-15)11-20/h4-10H,12H2,1-3H3,(H,21,23). The molecular weight excluding hydrogens is 382 g/mol. The lowest BCUT2D eigenvalue weighted by atomic mass is 10.1. The Morgan fingerprint density at radius 3 is 2.54 bits per heavy atom.